The molecule has 0 aliphatic heterocycles. The van der Waals surface area contributed by atoms with Crippen molar-refractivity contribution in [3.8, 4) is 0 Å². The van der Waals surface area contributed by atoms with E-state index in [1.807, 2.05) is 103 Å². The first-order valence-corrected chi connectivity index (χ1v) is 17.4. The van der Waals surface area contributed by atoms with Gasteiger partial charge in [-0.25, -0.2) is 0 Å². The average molecular weight is 551 g/mol. The van der Waals surface area contributed by atoms with E-state index in [-0.39, 0.29) is 5.97 Å². The molecule has 0 saturated heterocycles. The fourth-order valence-electron chi connectivity index (χ4n) is 4.75. The molecule has 3 heteroatoms. The van der Waals surface area contributed by atoms with Gasteiger partial charge in [0.2, 0.25) is 0 Å². The minimum absolute atomic E-state index is 0.317. The number of carbonyl (C=O) groups excluding carboxylic acids is 1. The molecule has 166 valence electrons. The number of hydrogen-bond acceptors (Lipinski definition) is 2. The fraction of sp³-hybridized carbons (Fsp3) is 0. The summed E-state index contributed by atoms with van der Waals surface area (Å²) >= 11 is -5.17. The molecule has 0 aliphatic rings. The monoisotopic (exact) mass is 550 g/mol. The Morgan fingerprint density at radius 3 is 0.971 bits per heavy atom. The molecule has 34 heavy (non-hydrogen) atoms. The van der Waals surface area contributed by atoms with Crippen molar-refractivity contribution in [3.63, 3.8) is 0 Å². The van der Waals surface area contributed by atoms with Crippen LogP contribution in [0.25, 0.3) is 0 Å². The first-order chi connectivity index (χ1) is 16.8. The first-order valence-electron chi connectivity index (χ1n) is 11.3. The number of carbonyl (C=O) groups is 1. The zero-order valence-electron chi connectivity index (χ0n) is 18.7. The van der Waals surface area contributed by atoms with Crippen molar-refractivity contribution in [3.05, 3.63) is 157 Å². The van der Waals surface area contributed by atoms with Crippen LogP contribution in [-0.4, -0.2) is 23.8 Å². The van der Waals surface area contributed by atoms with Crippen LogP contribution in [0.1, 0.15) is 10.4 Å². The maximum atomic E-state index is 14.0. The van der Waals surface area contributed by atoms with Crippen molar-refractivity contribution in [2.24, 2.45) is 0 Å². The molecule has 0 atom stereocenters. The van der Waals surface area contributed by atoms with Crippen molar-refractivity contribution >= 4 is 37.8 Å². The third kappa shape index (κ3) is 3.47. The van der Waals surface area contributed by atoms with Gasteiger partial charge in [0.15, 0.2) is 0 Å². The summed E-state index contributed by atoms with van der Waals surface area (Å²) in [5, 5.41) is 0. The van der Waals surface area contributed by atoms with E-state index < -0.39 is 17.8 Å². The zero-order valence-corrected chi connectivity index (χ0v) is 21.3. The molecule has 0 amide bonds. The van der Waals surface area contributed by atoms with E-state index in [9.17, 15) is 4.79 Å². The second-order valence-corrected chi connectivity index (χ2v) is 20.5. The molecule has 0 spiro atoms. The van der Waals surface area contributed by atoms with Crippen molar-refractivity contribution < 1.29 is 7.81 Å². The van der Waals surface area contributed by atoms with Gasteiger partial charge in [0.25, 0.3) is 0 Å². The Morgan fingerprint density at radius 2 is 0.676 bits per heavy atom. The van der Waals surface area contributed by atoms with E-state index in [4.69, 9.17) is 3.02 Å². The maximum absolute atomic E-state index is 14.0. The molecule has 0 unspecified atom stereocenters. The van der Waals surface area contributed by atoms with Crippen LogP contribution >= 0.6 is 0 Å². The van der Waals surface area contributed by atoms with E-state index >= 15 is 0 Å². The van der Waals surface area contributed by atoms with Gasteiger partial charge in [-0.15, -0.1) is 0 Å². The summed E-state index contributed by atoms with van der Waals surface area (Å²) in [6.07, 6.45) is 0. The standard InChI is InChI=1S/C7H6O2.4C6H5.Sb/c8-7(9)6-4-2-1-3-5-6;4*1-2-4-6-5-3-1;/h1-5H,(H,8,9);4*1-5H;/q;;;;;+1/p-1. The van der Waals surface area contributed by atoms with Crippen LogP contribution in [0.2, 0.25) is 0 Å². The second-order valence-electron chi connectivity index (χ2n) is 8.12. The summed E-state index contributed by atoms with van der Waals surface area (Å²) < 4.78 is 11.3. The van der Waals surface area contributed by atoms with Crippen LogP contribution in [0.15, 0.2) is 152 Å². The number of hydrogen-bond donors (Lipinski definition) is 0. The number of rotatable bonds is 6. The SMILES string of the molecule is O=C([O][Sb]([c]1ccccc1)([c]1ccccc1)([c]1ccccc1)[c]1ccccc1)c1ccccc1. The summed E-state index contributed by atoms with van der Waals surface area (Å²) in [6, 6.07) is 50.5. The summed E-state index contributed by atoms with van der Waals surface area (Å²) in [5.74, 6) is -0.317. The number of benzene rings is 5. The van der Waals surface area contributed by atoms with Crippen LogP contribution in [0, 0.1) is 0 Å². The van der Waals surface area contributed by atoms with Gasteiger partial charge in [0, 0.05) is 0 Å². The molecule has 5 aromatic rings. The van der Waals surface area contributed by atoms with Crippen molar-refractivity contribution in [1.29, 1.82) is 0 Å². The summed E-state index contributed by atoms with van der Waals surface area (Å²) in [6.45, 7) is 0. The molecule has 2 nitrogen and oxygen atoms in total. The molecular formula is C31H25O2Sb. The second kappa shape index (κ2) is 9.33. The molecule has 0 fully saturated rings. The molecule has 0 bridgehead atoms. The van der Waals surface area contributed by atoms with E-state index in [2.05, 4.69) is 48.5 Å². The van der Waals surface area contributed by atoms with Gasteiger partial charge in [0.05, 0.1) is 0 Å². The quantitative estimate of drug-likeness (QED) is 0.293. The molecule has 0 radical (unpaired) electrons. The summed E-state index contributed by atoms with van der Waals surface area (Å²) in [5.41, 5.74) is 0.541. The predicted octanol–water partition coefficient (Wildman–Crippen LogP) is 4.37. The molecule has 5 rings (SSSR count). The molecule has 0 aliphatic carbocycles. The van der Waals surface area contributed by atoms with E-state index in [0.717, 1.165) is 14.0 Å². The predicted molar refractivity (Wildman–Crippen MR) is 142 cm³/mol. The molecule has 0 saturated carbocycles. The molecular weight excluding hydrogens is 526 g/mol. The van der Waals surface area contributed by atoms with Gasteiger partial charge in [-0.3, -0.25) is 0 Å². The molecule has 5 aromatic carbocycles. The Labute approximate surface area is 202 Å². The van der Waals surface area contributed by atoms with Gasteiger partial charge in [-0.1, -0.05) is 0 Å². The Morgan fingerprint density at radius 1 is 0.412 bits per heavy atom. The van der Waals surface area contributed by atoms with Gasteiger partial charge < -0.3 is 0 Å². The minimum atomic E-state index is -5.17. The van der Waals surface area contributed by atoms with Crippen LogP contribution in [0.3, 0.4) is 0 Å². The van der Waals surface area contributed by atoms with E-state index in [1.165, 1.54) is 0 Å². The van der Waals surface area contributed by atoms with Crippen LogP contribution in [-0.2, 0) is 3.02 Å². The zero-order chi connectivity index (χ0) is 23.3. The van der Waals surface area contributed by atoms with Gasteiger partial charge in [-0.05, 0) is 0 Å². The fourth-order valence-corrected chi connectivity index (χ4v) is 20.8. The Hall–Kier alpha value is -3.61. The normalized spacial score (nSPS) is 12.3. The first kappa shape index (κ1) is 22.2. The van der Waals surface area contributed by atoms with E-state index in [0.29, 0.717) is 5.56 Å². The molecule has 0 heterocycles. The average Bonchev–Trinajstić information content (AvgIpc) is 2.94. The Kier molecular flexibility index (Phi) is 6.09. The molecule has 0 aromatic heterocycles. The molecule has 0 N–H and O–H groups in total. The van der Waals surface area contributed by atoms with Crippen LogP contribution in [0.5, 0.6) is 0 Å². The van der Waals surface area contributed by atoms with Gasteiger partial charge >= 0.3 is 203 Å². The van der Waals surface area contributed by atoms with Crippen LogP contribution < -0.4 is 14.0 Å². The van der Waals surface area contributed by atoms with E-state index in [1.54, 1.807) is 0 Å². The van der Waals surface area contributed by atoms with Crippen LogP contribution in [0.4, 0.5) is 0 Å². The Bertz CT molecular complexity index is 1200. The third-order valence-electron chi connectivity index (χ3n) is 6.27. The third-order valence-corrected chi connectivity index (χ3v) is 22.4. The summed E-state index contributed by atoms with van der Waals surface area (Å²) in [7, 11) is 0. The summed E-state index contributed by atoms with van der Waals surface area (Å²) in [4.78, 5) is 14.0. The van der Waals surface area contributed by atoms with Gasteiger partial charge in [-0.2, -0.15) is 0 Å². The topological polar surface area (TPSA) is 26.3 Å². The van der Waals surface area contributed by atoms with Crippen molar-refractivity contribution in [1.82, 2.24) is 0 Å². The van der Waals surface area contributed by atoms with Gasteiger partial charge in [0.1, 0.15) is 0 Å². The van der Waals surface area contributed by atoms with Crippen molar-refractivity contribution in [2.45, 2.75) is 0 Å². The van der Waals surface area contributed by atoms with Crippen molar-refractivity contribution in [2.75, 3.05) is 0 Å². The Balaban J connectivity index is 1.98.